The van der Waals surface area contributed by atoms with Crippen LogP contribution in [0.25, 0.3) is 0 Å². The van der Waals surface area contributed by atoms with Crippen molar-refractivity contribution in [3.8, 4) is 0 Å². The average Bonchev–Trinajstić information content (AvgIpc) is 2.03. The Hall–Kier alpha value is -0.823. The average molecular weight is 146 g/mol. The van der Waals surface area contributed by atoms with E-state index in [1.165, 1.54) is 5.19 Å². The molecule has 0 spiro atoms. The van der Waals surface area contributed by atoms with Gasteiger partial charge in [0.2, 0.25) is 0 Å². The first-order valence-electron chi connectivity index (χ1n) is 3.36. The van der Waals surface area contributed by atoms with E-state index in [1.807, 2.05) is 6.07 Å². The Kier molecular flexibility index (Phi) is 2.96. The second-order valence-corrected chi connectivity index (χ2v) is 3.21. The molecular weight excluding hydrogens is 136 g/mol. The van der Waals surface area contributed by atoms with Crippen molar-refractivity contribution in [1.29, 1.82) is 0 Å². The maximum Gasteiger partial charge on any atom is 0.111 e. The predicted octanol–water partition coefficient (Wildman–Crippen LogP) is 1.55. The van der Waals surface area contributed by atoms with Gasteiger partial charge in [0.1, 0.15) is 9.52 Å². The zero-order valence-corrected chi connectivity index (χ0v) is 7.04. The molecule has 1 rings (SSSR count). The van der Waals surface area contributed by atoms with Gasteiger partial charge in [-0.2, -0.15) is 0 Å². The number of benzene rings is 1. The van der Waals surface area contributed by atoms with Gasteiger partial charge >= 0.3 is 0 Å². The number of hydrogen-bond donors (Lipinski definition) is 0. The fraction of sp³-hybridized carbons (Fsp3) is 0.111. The van der Waals surface area contributed by atoms with Crippen LogP contribution in [0.15, 0.2) is 42.1 Å². The van der Waals surface area contributed by atoms with E-state index in [9.17, 15) is 0 Å². The lowest BCUT2D eigenvalue weighted by molar-refractivity contribution is 1.75. The number of rotatable bonds is 2. The van der Waals surface area contributed by atoms with Crippen LogP contribution in [0, 0.1) is 0 Å². The lowest BCUT2D eigenvalue weighted by Gasteiger charge is -1.90. The summed E-state index contributed by atoms with van der Waals surface area (Å²) in [6.45, 7) is 2.05. The molecule has 1 aromatic rings. The van der Waals surface area contributed by atoms with E-state index in [1.54, 1.807) is 0 Å². The van der Waals surface area contributed by atoms with Gasteiger partial charge in [-0.05, 0) is 6.92 Å². The molecule has 50 valence electrons. The summed E-state index contributed by atoms with van der Waals surface area (Å²) < 4.78 is 0. The number of allylic oxidation sites excluding steroid dienone is 1. The smallest absolute Gasteiger partial charge is 0.0976 e. The highest BCUT2D eigenvalue weighted by Gasteiger charge is 1.85. The highest BCUT2D eigenvalue weighted by Crippen LogP contribution is 1.81. The molecule has 0 nitrogen and oxygen atoms in total. The maximum absolute atomic E-state index is 2.19. The van der Waals surface area contributed by atoms with Crippen LogP contribution in [0.4, 0.5) is 0 Å². The third kappa shape index (κ3) is 2.19. The van der Waals surface area contributed by atoms with E-state index < -0.39 is 0 Å². The van der Waals surface area contributed by atoms with Crippen molar-refractivity contribution in [1.82, 2.24) is 0 Å². The summed E-state index contributed by atoms with van der Waals surface area (Å²) in [4.78, 5) is 0. The van der Waals surface area contributed by atoms with Gasteiger partial charge in [-0.15, -0.1) is 0 Å². The molecule has 0 aromatic heterocycles. The first kappa shape index (κ1) is 7.29. The highest BCUT2D eigenvalue weighted by atomic mass is 28.2. The van der Waals surface area contributed by atoms with Crippen LogP contribution in [0.3, 0.4) is 0 Å². The summed E-state index contributed by atoms with van der Waals surface area (Å²) in [7, 11) is 0.824. The molecule has 1 heteroatoms. The van der Waals surface area contributed by atoms with Crippen molar-refractivity contribution in [3.05, 3.63) is 42.1 Å². The Morgan fingerprint density at radius 3 is 2.50 bits per heavy atom. The molecule has 0 aliphatic heterocycles. The zero-order valence-electron chi connectivity index (χ0n) is 6.04. The molecule has 0 aliphatic carbocycles. The fourth-order valence-electron chi connectivity index (χ4n) is 0.714. The van der Waals surface area contributed by atoms with Crippen LogP contribution in [-0.2, 0) is 0 Å². The summed E-state index contributed by atoms with van der Waals surface area (Å²) in [6.07, 6.45) is 2.09. The minimum Gasteiger partial charge on any atom is -0.0976 e. The molecule has 0 atom stereocenters. The second-order valence-electron chi connectivity index (χ2n) is 2.01. The molecule has 2 radical (unpaired) electrons. The Morgan fingerprint density at radius 2 is 1.90 bits per heavy atom. The summed E-state index contributed by atoms with van der Waals surface area (Å²) in [5.41, 5.74) is 2.19. The quantitative estimate of drug-likeness (QED) is 0.555. The van der Waals surface area contributed by atoms with Gasteiger partial charge < -0.3 is 0 Å². The molecule has 10 heavy (non-hydrogen) atoms. The third-order valence-corrected chi connectivity index (χ3v) is 2.36. The van der Waals surface area contributed by atoms with Crippen molar-refractivity contribution in [2.24, 2.45) is 0 Å². The fourth-order valence-corrected chi connectivity index (χ4v) is 1.46. The second kappa shape index (κ2) is 4.07. The lowest BCUT2D eigenvalue weighted by atomic mass is 10.4. The molecule has 0 N–H and O–H groups in total. The Morgan fingerprint density at radius 1 is 1.20 bits per heavy atom. The molecule has 0 saturated heterocycles. The van der Waals surface area contributed by atoms with Crippen LogP contribution in [0.1, 0.15) is 6.92 Å². The predicted molar refractivity (Wildman–Crippen MR) is 46.6 cm³/mol. The van der Waals surface area contributed by atoms with Crippen LogP contribution >= 0.6 is 0 Å². The third-order valence-electron chi connectivity index (χ3n) is 1.19. The first-order chi connectivity index (χ1) is 4.93. The Labute approximate surface area is 64.4 Å². The Bertz CT molecular complexity index is 201. The Balaban J connectivity index is 2.59. The largest absolute Gasteiger partial charge is 0.111 e. The van der Waals surface area contributed by atoms with Crippen LogP contribution in [0.5, 0.6) is 0 Å². The SMILES string of the molecule is CC=C[Si]c1ccccc1. The van der Waals surface area contributed by atoms with Crippen LogP contribution in [0.2, 0.25) is 0 Å². The van der Waals surface area contributed by atoms with E-state index in [0.717, 1.165) is 9.52 Å². The molecule has 0 bridgehead atoms. The van der Waals surface area contributed by atoms with Gasteiger partial charge in [0.25, 0.3) is 0 Å². The van der Waals surface area contributed by atoms with E-state index in [-0.39, 0.29) is 0 Å². The van der Waals surface area contributed by atoms with Crippen LogP contribution in [-0.4, -0.2) is 9.52 Å². The van der Waals surface area contributed by atoms with Gasteiger partial charge in [-0.25, -0.2) is 0 Å². The summed E-state index contributed by atoms with van der Waals surface area (Å²) >= 11 is 0. The van der Waals surface area contributed by atoms with Gasteiger partial charge in [-0.1, -0.05) is 47.3 Å². The highest BCUT2D eigenvalue weighted by molar-refractivity contribution is 6.58. The van der Waals surface area contributed by atoms with Crippen molar-refractivity contribution < 1.29 is 0 Å². The molecule has 0 heterocycles. The van der Waals surface area contributed by atoms with Gasteiger partial charge in [0.05, 0.1) is 0 Å². The molecular formula is C9H10Si. The van der Waals surface area contributed by atoms with E-state index in [0.29, 0.717) is 0 Å². The minimum atomic E-state index is 0.824. The van der Waals surface area contributed by atoms with Gasteiger partial charge in [0, 0.05) is 0 Å². The van der Waals surface area contributed by atoms with E-state index >= 15 is 0 Å². The van der Waals surface area contributed by atoms with E-state index in [4.69, 9.17) is 0 Å². The molecule has 0 amide bonds. The lowest BCUT2D eigenvalue weighted by Crippen LogP contribution is -2.09. The molecule has 0 fully saturated rings. The molecule has 0 unspecified atom stereocenters. The standard InChI is InChI=1S/C9H10Si/c1-2-8-10-9-6-4-3-5-7-9/h2-8H,1H3. The first-order valence-corrected chi connectivity index (χ1v) is 4.44. The summed E-state index contributed by atoms with van der Waals surface area (Å²) in [5.74, 6) is 0. The van der Waals surface area contributed by atoms with Crippen LogP contribution < -0.4 is 5.19 Å². The summed E-state index contributed by atoms with van der Waals surface area (Å²) in [5, 5.41) is 1.40. The van der Waals surface area contributed by atoms with Crippen molar-refractivity contribution in [2.45, 2.75) is 6.92 Å². The number of hydrogen-bond acceptors (Lipinski definition) is 0. The zero-order chi connectivity index (χ0) is 7.23. The molecule has 0 saturated carbocycles. The topological polar surface area (TPSA) is 0 Å². The molecule has 1 aromatic carbocycles. The van der Waals surface area contributed by atoms with Crippen molar-refractivity contribution >= 4 is 14.7 Å². The van der Waals surface area contributed by atoms with Gasteiger partial charge in [-0.3, -0.25) is 0 Å². The normalized spacial score (nSPS) is 10.5. The molecule has 0 aliphatic rings. The summed E-state index contributed by atoms with van der Waals surface area (Å²) in [6, 6.07) is 10.5. The van der Waals surface area contributed by atoms with Crippen molar-refractivity contribution in [2.75, 3.05) is 0 Å². The van der Waals surface area contributed by atoms with Gasteiger partial charge in [0.15, 0.2) is 0 Å². The minimum absolute atomic E-state index is 0.824. The van der Waals surface area contributed by atoms with E-state index in [2.05, 4.69) is 43.0 Å². The maximum atomic E-state index is 2.19. The monoisotopic (exact) mass is 146 g/mol. The van der Waals surface area contributed by atoms with Crippen molar-refractivity contribution in [3.63, 3.8) is 0 Å².